The molecule has 0 aromatic heterocycles. The SMILES string of the molecule is Cc1cc(C)c(N(NCl)c2ccc3ccccc3c2)c(C)c1. The summed E-state index contributed by atoms with van der Waals surface area (Å²) in [6, 6.07) is 19.0. The summed E-state index contributed by atoms with van der Waals surface area (Å²) in [6.45, 7) is 6.33. The van der Waals surface area contributed by atoms with Gasteiger partial charge in [-0.3, -0.25) is 5.01 Å². The minimum absolute atomic E-state index is 1.02. The number of hydrogen-bond acceptors (Lipinski definition) is 2. The zero-order chi connectivity index (χ0) is 15.7. The molecule has 0 radical (unpaired) electrons. The molecule has 3 rings (SSSR count). The van der Waals surface area contributed by atoms with E-state index in [-0.39, 0.29) is 0 Å². The van der Waals surface area contributed by atoms with Gasteiger partial charge in [0, 0.05) is 0 Å². The molecule has 0 saturated carbocycles. The normalized spacial score (nSPS) is 10.9. The lowest BCUT2D eigenvalue weighted by Gasteiger charge is -2.26. The van der Waals surface area contributed by atoms with Gasteiger partial charge in [0.25, 0.3) is 0 Å². The van der Waals surface area contributed by atoms with Crippen LogP contribution in [0.25, 0.3) is 10.8 Å². The van der Waals surface area contributed by atoms with Gasteiger partial charge in [0.15, 0.2) is 0 Å². The molecule has 1 N–H and O–H groups in total. The summed E-state index contributed by atoms with van der Waals surface area (Å²) in [7, 11) is 0. The molecule has 0 saturated heterocycles. The first kappa shape index (κ1) is 14.9. The minimum Gasteiger partial charge on any atom is -0.262 e. The van der Waals surface area contributed by atoms with Crippen molar-refractivity contribution in [2.45, 2.75) is 20.8 Å². The number of benzene rings is 3. The lowest BCUT2D eigenvalue weighted by atomic mass is 10.0. The quantitative estimate of drug-likeness (QED) is 0.503. The predicted molar refractivity (Wildman–Crippen MR) is 95.7 cm³/mol. The first-order valence-electron chi connectivity index (χ1n) is 7.33. The molecule has 0 aliphatic carbocycles. The van der Waals surface area contributed by atoms with Gasteiger partial charge in [0.2, 0.25) is 0 Å². The van der Waals surface area contributed by atoms with Crippen molar-refractivity contribution in [3.63, 3.8) is 0 Å². The van der Waals surface area contributed by atoms with Crippen molar-refractivity contribution in [2.75, 3.05) is 5.01 Å². The number of hydrogen-bond donors (Lipinski definition) is 1. The summed E-state index contributed by atoms with van der Waals surface area (Å²) >= 11 is 6.05. The zero-order valence-corrected chi connectivity index (χ0v) is 13.8. The molecule has 2 nitrogen and oxygen atoms in total. The van der Waals surface area contributed by atoms with E-state index in [1.807, 2.05) is 17.1 Å². The van der Waals surface area contributed by atoms with Crippen LogP contribution < -0.4 is 9.95 Å². The lowest BCUT2D eigenvalue weighted by molar-refractivity contribution is 0.965. The maximum Gasteiger partial charge on any atom is 0.0649 e. The smallest absolute Gasteiger partial charge is 0.0649 e. The van der Waals surface area contributed by atoms with Crippen molar-refractivity contribution < 1.29 is 0 Å². The van der Waals surface area contributed by atoms with E-state index in [0.717, 1.165) is 11.4 Å². The average Bonchev–Trinajstić information content (AvgIpc) is 2.50. The molecular formula is C19H19ClN2. The molecule has 0 heterocycles. The van der Waals surface area contributed by atoms with Crippen LogP contribution in [0.1, 0.15) is 16.7 Å². The number of rotatable bonds is 3. The molecule has 3 aromatic rings. The Hall–Kier alpha value is -2.03. The van der Waals surface area contributed by atoms with Crippen LogP contribution in [0.4, 0.5) is 11.4 Å². The van der Waals surface area contributed by atoms with Crippen LogP contribution in [0.2, 0.25) is 0 Å². The third-order valence-electron chi connectivity index (χ3n) is 3.93. The van der Waals surface area contributed by atoms with Crippen LogP contribution in [-0.2, 0) is 0 Å². The Morgan fingerprint density at radius 1 is 0.818 bits per heavy atom. The van der Waals surface area contributed by atoms with E-state index < -0.39 is 0 Å². The Kier molecular flexibility index (Phi) is 4.06. The van der Waals surface area contributed by atoms with Crippen LogP contribution in [0.15, 0.2) is 54.6 Å². The van der Waals surface area contributed by atoms with Crippen molar-refractivity contribution >= 4 is 33.9 Å². The van der Waals surface area contributed by atoms with Gasteiger partial charge in [-0.2, -0.15) is 0 Å². The Balaban J connectivity index is 2.14. The van der Waals surface area contributed by atoms with Crippen LogP contribution in [0, 0.1) is 20.8 Å². The van der Waals surface area contributed by atoms with Crippen molar-refractivity contribution in [3.8, 4) is 0 Å². The number of nitrogens with one attached hydrogen (secondary N) is 1. The Bertz CT molecular complexity index is 804. The number of nitrogens with zero attached hydrogens (tertiary/aromatic N) is 1. The largest absolute Gasteiger partial charge is 0.262 e. The summed E-state index contributed by atoms with van der Waals surface area (Å²) in [5.74, 6) is 0. The molecule has 0 spiro atoms. The van der Waals surface area contributed by atoms with Gasteiger partial charge in [-0.15, -0.1) is 4.94 Å². The monoisotopic (exact) mass is 310 g/mol. The molecule has 0 fully saturated rings. The summed E-state index contributed by atoms with van der Waals surface area (Å²) < 4.78 is 0. The number of hydrazine groups is 1. The van der Waals surface area contributed by atoms with Crippen LogP contribution in [-0.4, -0.2) is 0 Å². The predicted octanol–water partition coefficient (Wildman–Crippen LogP) is 5.56. The van der Waals surface area contributed by atoms with Crippen molar-refractivity contribution in [1.82, 2.24) is 4.94 Å². The van der Waals surface area contributed by atoms with E-state index >= 15 is 0 Å². The number of aryl methyl sites for hydroxylation is 3. The molecule has 0 amide bonds. The van der Waals surface area contributed by atoms with Gasteiger partial charge in [0.1, 0.15) is 0 Å². The number of halogens is 1. The molecule has 3 aromatic carbocycles. The fraction of sp³-hybridized carbons (Fsp3) is 0.158. The first-order chi connectivity index (χ1) is 10.6. The van der Waals surface area contributed by atoms with Crippen LogP contribution in [0.5, 0.6) is 0 Å². The maximum atomic E-state index is 6.05. The van der Waals surface area contributed by atoms with Gasteiger partial charge in [-0.1, -0.05) is 48.0 Å². The van der Waals surface area contributed by atoms with Crippen molar-refractivity contribution in [3.05, 3.63) is 71.3 Å². The molecule has 0 bridgehead atoms. The van der Waals surface area contributed by atoms with E-state index in [4.69, 9.17) is 11.8 Å². The van der Waals surface area contributed by atoms with Crippen molar-refractivity contribution in [2.24, 2.45) is 0 Å². The fourth-order valence-electron chi connectivity index (χ4n) is 3.06. The van der Waals surface area contributed by atoms with Gasteiger partial charge in [0.05, 0.1) is 11.4 Å². The molecule has 0 atom stereocenters. The second-order valence-electron chi connectivity index (χ2n) is 5.70. The average molecular weight is 311 g/mol. The second kappa shape index (κ2) is 5.99. The van der Waals surface area contributed by atoms with E-state index in [1.54, 1.807) is 0 Å². The second-order valence-corrected chi connectivity index (χ2v) is 5.87. The first-order valence-corrected chi connectivity index (χ1v) is 7.71. The maximum absolute atomic E-state index is 6.05. The highest BCUT2D eigenvalue weighted by molar-refractivity contribution is 6.14. The summed E-state index contributed by atoms with van der Waals surface area (Å²) in [6.07, 6.45) is 0. The molecule has 112 valence electrons. The summed E-state index contributed by atoms with van der Waals surface area (Å²) in [5, 5.41) is 4.34. The highest BCUT2D eigenvalue weighted by Gasteiger charge is 2.14. The number of fused-ring (bicyclic) bond motifs is 1. The summed E-state index contributed by atoms with van der Waals surface area (Å²) in [4.78, 5) is 2.81. The molecular weight excluding hydrogens is 292 g/mol. The number of anilines is 2. The molecule has 0 unspecified atom stereocenters. The van der Waals surface area contributed by atoms with Crippen LogP contribution >= 0.6 is 11.8 Å². The minimum atomic E-state index is 1.02. The third-order valence-corrected chi connectivity index (χ3v) is 4.10. The van der Waals surface area contributed by atoms with Crippen molar-refractivity contribution in [1.29, 1.82) is 0 Å². The Morgan fingerprint density at radius 2 is 1.45 bits per heavy atom. The van der Waals surface area contributed by atoms with Gasteiger partial charge >= 0.3 is 0 Å². The Labute approximate surface area is 136 Å². The van der Waals surface area contributed by atoms with Gasteiger partial charge in [-0.05, 0) is 66.6 Å². The molecule has 0 aliphatic rings. The van der Waals surface area contributed by atoms with E-state index in [0.29, 0.717) is 0 Å². The van der Waals surface area contributed by atoms with Gasteiger partial charge in [-0.25, -0.2) is 0 Å². The lowest BCUT2D eigenvalue weighted by Crippen LogP contribution is -2.27. The van der Waals surface area contributed by atoms with Crippen LogP contribution in [0.3, 0.4) is 0 Å². The fourth-order valence-corrected chi connectivity index (χ4v) is 3.24. The van der Waals surface area contributed by atoms with E-state index in [2.05, 4.69) is 68.2 Å². The Morgan fingerprint density at radius 3 is 2.09 bits per heavy atom. The van der Waals surface area contributed by atoms with E-state index in [9.17, 15) is 0 Å². The highest BCUT2D eigenvalue weighted by atomic mass is 35.5. The molecule has 3 heteroatoms. The standard InChI is InChI=1S/C19H19ClN2/c1-13-10-14(2)19(15(3)11-13)22(21-20)18-9-8-16-6-4-5-7-17(16)12-18/h4-12,21H,1-3H3. The molecule has 22 heavy (non-hydrogen) atoms. The van der Waals surface area contributed by atoms with Gasteiger partial charge < -0.3 is 0 Å². The highest BCUT2D eigenvalue weighted by Crippen LogP contribution is 2.32. The van der Waals surface area contributed by atoms with E-state index in [1.165, 1.54) is 27.5 Å². The third kappa shape index (κ3) is 2.68. The summed E-state index contributed by atoms with van der Waals surface area (Å²) in [5.41, 5.74) is 5.75. The molecule has 0 aliphatic heterocycles. The zero-order valence-electron chi connectivity index (χ0n) is 13.0. The topological polar surface area (TPSA) is 15.3 Å².